The number of carbonyl (C=O) groups excluding carboxylic acids is 1. The van der Waals surface area contributed by atoms with Crippen LogP contribution in [0.2, 0.25) is 0 Å². The minimum absolute atomic E-state index is 0.0573. The fourth-order valence-corrected chi connectivity index (χ4v) is 4.16. The van der Waals surface area contributed by atoms with Crippen LogP contribution in [0.4, 0.5) is 5.69 Å². The molecule has 0 radical (unpaired) electrons. The van der Waals surface area contributed by atoms with Gasteiger partial charge >= 0.3 is 0 Å². The van der Waals surface area contributed by atoms with Crippen LogP contribution in [-0.4, -0.2) is 31.1 Å². The molecule has 2 heterocycles. The summed E-state index contributed by atoms with van der Waals surface area (Å²) in [6, 6.07) is 14.0. The summed E-state index contributed by atoms with van der Waals surface area (Å²) >= 11 is 0. The summed E-state index contributed by atoms with van der Waals surface area (Å²) in [4.78, 5) is 13.4. The molecule has 144 valence electrons. The maximum absolute atomic E-state index is 12.6. The Labute approximate surface area is 162 Å². The van der Waals surface area contributed by atoms with Crippen LogP contribution in [0.1, 0.15) is 18.4 Å². The van der Waals surface area contributed by atoms with Gasteiger partial charge in [0.2, 0.25) is 27.7 Å². The molecule has 4 rings (SSSR count). The Balaban J connectivity index is 1.48. The van der Waals surface area contributed by atoms with Gasteiger partial charge in [0.1, 0.15) is 0 Å². The van der Waals surface area contributed by atoms with Crippen molar-refractivity contribution < 1.29 is 17.6 Å². The number of amides is 1. The normalized spacial score (nSPS) is 13.5. The molecule has 1 amide bonds. The molecule has 28 heavy (non-hydrogen) atoms. The summed E-state index contributed by atoms with van der Waals surface area (Å²) in [6.45, 7) is 1.94. The SMILES string of the molecule is CC(=O)N1CCc2cc(S(=O)(=O)NCc3nnc(-c4ccccc4)o3)ccc21. The van der Waals surface area contributed by atoms with Gasteiger partial charge < -0.3 is 9.32 Å². The fourth-order valence-electron chi connectivity index (χ4n) is 3.13. The summed E-state index contributed by atoms with van der Waals surface area (Å²) < 4.78 is 33.2. The predicted octanol–water partition coefficient (Wildman–Crippen LogP) is 2.12. The van der Waals surface area contributed by atoms with Crippen molar-refractivity contribution in [3.05, 3.63) is 60.0 Å². The van der Waals surface area contributed by atoms with Crippen molar-refractivity contribution in [2.75, 3.05) is 11.4 Å². The van der Waals surface area contributed by atoms with Crippen molar-refractivity contribution >= 4 is 21.6 Å². The van der Waals surface area contributed by atoms with E-state index in [2.05, 4.69) is 14.9 Å². The largest absolute Gasteiger partial charge is 0.419 e. The third-order valence-electron chi connectivity index (χ3n) is 4.54. The number of carbonyl (C=O) groups is 1. The zero-order chi connectivity index (χ0) is 19.7. The van der Waals surface area contributed by atoms with Crippen molar-refractivity contribution in [2.45, 2.75) is 24.8 Å². The Morgan fingerprint density at radius 2 is 1.96 bits per heavy atom. The van der Waals surface area contributed by atoms with Gasteiger partial charge in [-0.05, 0) is 42.3 Å². The van der Waals surface area contributed by atoms with Gasteiger partial charge in [0.15, 0.2) is 0 Å². The lowest BCUT2D eigenvalue weighted by Gasteiger charge is -2.15. The first-order chi connectivity index (χ1) is 13.4. The van der Waals surface area contributed by atoms with E-state index in [1.165, 1.54) is 13.0 Å². The molecule has 1 aliphatic heterocycles. The minimum atomic E-state index is -3.75. The minimum Gasteiger partial charge on any atom is -0.419 e. The first-order valence-electron chi connectivity index (χ1n) is 8.72. The second-order valence-electron chi connectivity index (χ2n) is 6.40. The van der Waals surface area contributed by atoms with Crippen molar-refractivity contribution in [3.8, 4) is 11.5 Å². The van der Waals surface area contributed by atoms with E-state index >= 15 is 0 Å². The molecular weight excluding hydrogens is 380 g/mol. The van der Waals surface area contributed by atoms with Gasteiger partial charge in [0, 0.05) is 24.7 Å². The van der Waals surface area contributed by atoms with Crippen molar-refractivity contribution in [1.82, 2.24) is 14.9 Å². The van der Waals surface area contributed by atoms with Crippen LogP contribution >= 0.6 is 0 Å². The van der Waals surface area contributed by atoms with Crippen LogP contribution < -0.4 is 9.62 Å². The Morgan fingerprint density at radius 3 is 2.71 bits per heavy atom. The zero-order valence-electron chi connectivity index (χ0n) is 15.1. The number of benzene rings is 2. The Hall–Kier alpha value is -3.04. The maximum atomic E-state index is 12.6. The quantitative estimate of drug-likeness (QED) is 0.706. The number of anilines is 1. The lowest BCUT2D eigenvalue weighted by molar-refractivity contribution is -0.116. The van der Waals surface area contributed by atoms with Crippen LogP contribution in [-0.2, 0) is 27.8 Å². The van der Waals surface area contributed by atoms with Gasteiger partial charge in [-0.3, -0.25) is 4.79 Å². The van der Waals surface area contributed by atoms with Crippen molar-refractivity contribution in [2.24, 2.45) is 0 Å². The molecule has 0 atom stereocenters. The van der Waals surface area contributed by atoms with Gasteiger partial charge in [0.05, 0.1) is 11.4 Å². The van der Waals surface area contributed by atoms with E-state index in [1.807, 2.05) is 30.3 Å². The Bertz CT molecular complexity index is 1130. The van der Waals surface area contributed by atoms with Crippen LogP contribution in [0, 0.1) is 0 Å². The Kier molecular flexibility index (Phi) is 4.70. The highest BCUT2D eigenvalue weighted by Gasteiger charge is 2.25. The third kappa shape index (κ3) is 3.54. The lowest BCUT2D eigenvalue weighted by Crippen LogP contribution is -2.26. The average molecular weight is 398 g/mol. The van der Waals surface area contributed by atoms with Gasteiger partial charge in [0.25, 0.3) is 0 Å². The summed E-state index contributed by atoms with van der Waals surface area (Å²) in [5.41, 5.74) is 2.36. The highest BCUT2D eigenvalue weighted by molar-refractivity contribution is 7.89. The summed E-state index contributed by atoms with van der Waals surface area (Å²) in [5, 5.41) is 7.83. The molecule has 8 nitrogen and oxygen atoms in total. The molecule has 0 unspecified atom stereocenters. The van der Waals surface area contributed by atoms with Gasteiger partial charge in [-0.15, -0.1) is 10.2 Å². The standard InChI is InChI=1S/C19H18N4O4S/c1-13(24)23-10-9-15-11-16(7-8-17(15)23)28(25,26)20-12-18-21-22-19(27-18)14-5-3-2-4-6-14/h2-8,11,20H,9-10,12H2,1H3. The number of nitrogens with zero attached hydrogens (tertiary/aromatic N) is 3. The number of hydrogen-bond donors (Lipinski definition) is 1. The van der Waals surface area contributed by atoms with E-state index in [-0.39, 0.29) is 23.2 Å². The lowest BCUT2D eigenvalue weighted by atomic mass is 10.2. The van der Waals surface area contributed by atoms with E-state index in [0.29, 0.717) is 18.9 Å². The number of hydrogen-bond acceptors (Lipinski definition) is 6. The molecule has 9 heteroatoms. The van der Waals surface area contributed by atoms with Gasteiger partial charge in [-0.1, -0.05) is 18.2 Å². The van der Waals surface area contributed by atoms with Gasteiger partial charge in [-0.25, -0.2) is 13.1 Å². The van der Waals surface area contributed by atoms with Crippen LogP contribution in [0.5, 0.6) is 0 Å². The molecule has 1 aromatic heterocycles. The number of sulfonamides is 1. The van der Waals surface area contributed by atoms with Crippen LogP contribution in [0.25, 0.3) is 11.5 Å². The molecule has 0 fully saturated rings. The summed E-state index contributed by atoms with van der Waals surface area (Å²) in [6.07, 6.45) is 0.627. The Morgan fingerprint density at radius 1 is 1.18 bits per heavy atom. The first-order valence-corrected chi connectivity index (χ1v) is 10.2. The van der Waals surface area contributed by atoms with E-state index in [9.17, 15) is 13.2 Å². The zero-order valence-corrected chi connectivity index (χ0v) is 15.9. The van der Waals surface area contributed by atoms with E-state index in [0.717, 1.165) is 16.8 Å². The number of fused-ring (bicyclic) bond motifs is 1. The molecule has 0 saturated carbocycles. The van der Waals surface area contributed by atoms with Crippen LogP contribution in [0.3, 0.4) is 0 Å². The highest BCUT2D eigenvalue weighted by atomic mass is 32.2. The number of nitrogens with one attached hydrogen (secondary N) is 1. The predicted molar refractivity (Wildman–Crippen MR) is 102 cm³/mol. The topological polar surface area (TPSA) is 105 Å². The molecule has 1 aliphatic rings. The summed E-state index contributed by atoms with van der Waals surface area (Å²) in [7, 11) is -3.75. The molecule has 0 aliphatic carbocycles. The van der Waals surface area contributed by atoms with E-state index in [1.54, 1.807) is 17.0 Å². The van der Waals surface area contributed by atoms with Crippen molar-refractivity contribution in [1.29, 1.82) is 0 Å². The molecule has 0 bridgehead atoms. The van der Waals surface area contributed by atoms with E-state index in [4.69, 9.17) is 4.42 Å². The molecule has 0 saturated heterocycles. The second-order valence-corrected chi connectivity index (χ2v) is 8.17. The number of rotatable bonds is 5. The van der Waals surface area contributed by atoms with E-state index < -0.39 is 10.0 Å². The van der Waals surface area contributed by atoms with Gasteiger partial charge in [-0.2, -0.15) is 0 Å². The monoisotopic (exact) mass is 398 g/mol. The third-order valence-corrected chi connectivity index (χ3v) is 5.94. The first kappa shape index (κ1) is 18.3. The van der Waals surface area contributed by atoms with Crippen LogP contribution in [0.15, 0.2) is 57.8 Å². The highest BCUT2D eigenvalue weighted by Crippen LogP contribution is 2.30. The molecular formula is C19H18N4O4S. The maximum Gasteiger partial charge on any atom is 0.247 e. The molecule has 0 spiro atoms. The smallest absolute Gasteiger partial charge is 0.247 e. The summed E-state index contributed by atoms with van der Waals surface area (Å²) in [5.74, 6) is 0.445. The molecule has 2 aromatic carbocycles. The second kappa shape index (κ2) is 7.17. The molecule has 1 N–H and O–H groups in total. The fraction of sp³-hybridized carbons (Fsp3) is 0.211. The average Bonchev–Trinajstić information content (AvgIpc) is 3.34. The number of aromatic nitrogens is 2. The van der Waals surface area contributed by atoms with Crippen molar-refractivity contribution in [3.63, 3.8) is 0 Å². The molecule has 3 aromatic rings.